The van der Waals surface area contributed by atoms with Gasteiger partial charge in [0.15, 0.2) is 0 Å². The zero-order chi connectivity index (χ0) is 10.4. The Bertz CT molecular complexity index is 321. The largest absolute Gasteiger partial charge is 0.326 e. The van der Waals surface area contributed by atoms with E-state index >= 15 is 0 Å². The van der Waals surface area contributed by atoms with Gasteiger partial charge < -0.3 is 11.1 Å². The van der Waals surface area contributed by atoms with Gasteiger partial charge >= 0.3 is 0 Å². The van der Waals surface area contributed by atoms with Gasteiger partial charge in [-0.1, -0.05) is 18.2 Å². The van der Waals surface area contributed by atoms with E-state index < -0.39 is 0 Å². The number of rotatable bonds is 4. The van der Waals surface area contributed by atoms with Crippen molar-refractivity contribution in [1.82, 2.24) is 5.32 Å². The molecule has 0 spiro atoms. The van der Waals surface area contributed by atoms with Gasteiger partial charge in [0.05, 0.1) is 0 Å². The maximum atomic E-state index is 12.8. The van der Waals surface area contributed by atoms with Crippen LogP contribution in [0, 0.1) is 5.82 Å². The number of hydrogen-bond donors (Lipinski definition) is 2. The number of nitrogens with two attached hydrogens (primary N) is 1. The third kappa shape index (κ3) is 2.94. The molecule has 0 amide bonds. The van der Waals surface area contributed by atoms with E-state index in [1.807, 2.05) is 19.2 Å². The van der Waals surface area contributed by atoms with Gasteiger partial charge in [0.1, 0.15) is 5.82 Å². The molecule has 1 aromatic rings. The van der Waals surface area contributed by atoms with E-state index in [9.17, 15) is 4.39 Å². The van der Waals surface area contributed by atoms with E-state index in [2.05, 4.69) is 5.32 Å². The first-order valence-corrected chi connectivity index (χ1v) is 4.57. The quantitative estimate of drug-likeness (QED) is 0.762. The monoisotopic (exact) mass is 194 g/mol. The molecule has 2 nitrogen and oxygen atoms in total. The summed E-state index contributed by atoms with van der Waals surface area (Å²) >= 11 is 0. The van der Waals surface area contributed by atoms with Crippen molar-refractivity contribution in [3.8, 4) is 0 Å². The minimum Gasteiger partial charge on any atom is -0.326 e. The van der Waals surface area contributed by atoms with E-state index in [0.717, 1.165) is 17.7 Å². The Hall–Kier alpha value is -1.19. The summed E-state index contributed by atoms with van der Waals surface area (Å²) in [7, 11) is 1.87. The highest BCUT2D eigenvalue weighted by Crippen LogP contribution is 2.12. The Kier molecular flexibility index (Phi) is 4.29. The molecule has 0 aliphatic rings. The summed E-state index contributed by atoms with van der Waals surface area (Å²) in [6, 6.07) is 4.65. The standard InChI is InChI=1S/C11H15FN2/c1-14-6-2-3-9-4-5-11(12)7-10(9)8-13/h2-5,7,14H,6,8,13H2,1H3. The molecule has 0 fully saturated rings. The van der Waals surface area contributed by atoms with Crippen LogP contribution in [0.15, 0.2) is 24.3 Å². The van der Waals surface area contributed by atoms with Gasteiger partial charge in [-0.3, -0.25) is 0 Å². The fourth-order valence-electron chi connectivity index (χ4n) is 1.22. The summed E-state index contributed by atoms with van der Waals surface area (Å²) in [5, 5.41) is 2.99. The first-order chi connectivity index (χ1) is 6.77. The molecule has 1 rings (SSSR count). The fourth-order valence-corrected chi connectivity index (χ4v) is 1.22. The molecule has 0 atom stereocenters. The molecule has 0 bridgehead atoms. The van der Waals surface area contributed by atoms with Crippen LogP contribution >= 0.6 is 0 Å². The fraction of sp³-hybridized carbons (Fsp3) is 0.273. The zero-order valence-corrected chi connectivity index (χ0v) is 8.26. The minimum absolute atomic E-state index is 0.240. The van der Waals surface area contributed by atoms with Crippen LogP contribution < -0.4 is 11.1 Å². The second-order valence-electron chi connectivity index (χ2n) is 3.01. The summed E-state index contributed by atoms with van der Waals surface area (Å²) in [4.78, 5) is 0. The van der Waals surface area contributed by atoms with Crippen molar-refractivity contribution in [2.24, 2.45) is 5.73 Å². The third-order valence-corrected chi connectivity index (χ3v) is 1.94. The van der Waals surface area contributed by atoms with Gasteiger partial charge in [0.2, 0.25) is 0 Å². The van der Waals surface area contributed by atoms with Gasteiger partial charge in [-0.05, 0) is 30.3 Å². The Morgan fingerprint density at radius 2 is 2.29 bits per heavy atom. The van der Waals surface area contributed by atoms with Crippen LogP contribution in [-0.4, -0.2) is 13.6 Å². The number of halogens is 1. The summed E-state index contributed by atoms with van der Waals surface area (Å²) in [5.41, 5.74) is 7.31. The van der Waals surface area contributed by atoms with Gasteiger partial charge in [0, 0.05) is 13.1 Å². The average molecular weight is 194 g/mol. The average Bonchev–Trinajstić information content (AvgIpc) is 2.20. The van der Waals surface area contributed by atoms with E-state index in [1.54, 1.807) is 6.07 Å². The highest BCUT2D eigenvalue weighted by molar-refractivity contribution is 5.53. The molecule has 76 valence electrons. The lowest BCUT2D eigenvalue weighted by Crippen LogP contribution is -2.04. The molecule has 0 saturated carbocycles. The molecule has 1 aromatic carbocycles. The van der Waals surface area contributed by atoms with Gasteiger partial charge in [-0.25, -0.2) is 4.39 Å². The maximum Gasteiger partial charge on any atom is 0.123 e. The Balaban J connectivity index is 2.85. The van der Waals surface area contributed by atoms with Crippen molar-refractivity contribution >= 4 is 6.08 Å². The second kappa shape index (κ2) is 5.52. The van der Waals surface area contributed by atoms with Gasteiger partial charge in [0.25, 0.3) is 0 Å². The summed E-state index contributed by atoms with van der Waals surface area (Å²) in [6.07, 6.45) is 3.92. The van der Waals surface area contributed by atoms with Crippen LogP contribution in [0.5, 0.6) is 0 Å². The molecule has 0 saturated heterocycles. The van der Waals surface area contributed by atoms with Crippen molar-refractivity contribution < 1.29 is 4.39 Å². The van der Waals surface area contributed by atoms with Crippen LogP contribution in [0.3, 0.4) is 0 Å². The molecule has 0 radical (unpaired) electrons. The summed E-state index contributed by atoms with van der Waals surface area (Å²) in [6.45, 7) is 1.15. The topological polar surface area (TPSA) is 38.0 Å². The normalized spacial score (nSPS) is 11.1. The summed E-state index contributed by atoms with van der Waals surface area (Å²) < 4.78 is 12.8. The molecule has 14 heavy (non-hydrogen) atoms. The van der Waals surface area contributed by atoms with E-state index in [0.29, 0.717) is 6.54 Å². The van der Waals surface area contributed by atoms with Crippen molar-refractivity contribution in [1.29, 1.82) is 0 Å². The highest BCUT2D eigenvalue weighted by atomic mass is 19.1. The van der Waals surface area contributed by atoms with E-state index in [4.69, 9.17) is 5.73 Å². The van der Waals surface area contributed by atoms with Gasteiger partial charge in [-0.15, -0.1) is 0 Å². The Morgan fingerprint density at radius 1 is 1.50 bits per heavy atom. The number of nitrogens with one attached hydrogen (secondary N) is 1. The Morgan fingerprint density at radius 3 is 2.93 bits per heavy atom. The van der Waals surface area contributed by atoms with Crippen LogP contribution in [0.1, 0.15) is 11.1 Å². The van der Waals surface area contributed by atoms with Crippen molar-refractivity contribution in [2.45, 2.75) is 6.54 Å². The van der Waals surface area contributed by atoms with Crippen molar-refractivity contribution in [3.63, 3.8) is 0 Å². The number of hydrogen-bond acceptors (Lipinski definition) is 2. The molecule has 3 N–H and O–H groups in total. The number of benzene rings is 1. The van der Waals surface area contributed by atoms with Crippen LogP contribution in [0.4, 0.5) is 4.39 Å². The van der Waals surface area contributed by atoms with Crippen LogP contribution in [0.25, 0.3) is 6.08 Å². The van der Waals surface area contributed by atoms with Crippen molar-refractivity contribution in [2.75, 3.05) is 13.6 Å². The molecule has 3 heteroatoms. The molecule has 0 aliphatic carbocycles. The van der Waals surface area contributed by atoms with Crippen molar-refractivity contribution in [3.05, 3.63) is 41.2 Å². The maximum absolute atomic E-state index is 12.8. The summed E-state index contributed by atoms with van der Waals surface area (Å²) in [5.74, 6) is -0.240. The predicted molar refractivity (Wildman–Crippen MR) is 57.3 cm³/mol. The molecule has 0 aromatic heterocycles. The first kappa shape index (κ1) is 10.9. The molecular weight excluding hydrogens is 179 g/mol. The van der Waals surface area contributed by atoms with Gasteiger partial charge in [-0.2, -0.15) is 0 Å². The molecule has 0 unspecified atom stereocenters. The third-order valence-electron chi connectivity index (χ3n) is 1.94. The van der Waals surface area contributed by atoms with Crippen LogP contribution in [0.2, 0.25) is 0 Å². The lowest BCUT2D eigenvalue weighted by molar-refractivity contribution is 0.625. The molecule has 0 heterocycles. The first-order valence-electron chi connectivity index (χ1n) is 4.57. The SMILES string of the molecule is CNCC=Cc1ccc(F)cc1CN. The second-order valence-corrected chi connectivity index (χ2v) is 3.01. The zero-order valence-electron chi connectivity index (χ0n) is 8.26. The van der Waals surface area contributed by atoms with E-state index in [-0.39, 0.29) is 5.82 Å². The lowest BCUT2D eigenvalue weighted by atomic mass is 10.1. The van der Waals surface area contributed by atoms with Crippen LogP contribution in [-0.2, 0) is 6.54 Å². The molecular formula is C11H15FN2. The minimum atomic E-state index is -0.240. The predicted octanol–water partition coefficient (Wildman–Crippen LogP) is 1.52. The lowest BCUT2D eigenvalue weighted by Gasteiger charge is -2.02. The Labute approximate surface area is 83.6 Å². The smallest absolute Gasteiger partial charge is 0.123 e. The molecule has 0 aliphatic heterocycles. The van der Waals surface area contributed by atoms with E-state index in [1.165, 1.54) is 12.1 Å². The highest BCUT2D eigenvalue weighted by Gasteiger charge is 1.98. The number of likely N-dealkylation sites (N-methyl/N-ethyl adjacent to an activating group) is 1.